The smallest absolute Gasteiger partial charge is 0.242 e. The molecule has 5 nitrogen and oxygen atoms in total. The fraction of sp³-hybridized carbons (Fsp3) is 0.429. The van der Waals surface area contributed by atoms with Crippen LogP contribution in [0.1, 0.15) is 5.56 Å². The van der Waals surface area contributed by atoms with E-state index in [1.807, 2.05) is 19.0 Å². The first kappa shape index (κ1) is 16.7. The van der Waals surface area contributed by atoms with Crippen LogP contribution >= 0.6 is 0 Å². The lowest BCUT2D eigenvalue weighted by atomic mass is 10.2. The summed E-state index contributed by atoms with van der Waals surface area (Å²) >= 11 is 0. The largest absolute Gasteiger partial charge is 0.384 e. The number of hydrogen-bond donors (Lipinski definition) is 1. The van der Waals surface area contributed by atoms with Crippen molar-refractivity contribution in [2.24, 2.45) is 0 Å². The van der Waals surface area contributed by atoms with Crippen molar-refractivity contribution in [1.29, 1.82) is 0 Å². The van der Waals surface area contributed by atoms with Gasteiger partial charge in [0.1, 0.15) is 6.61 Å². The predicted octanol–water partition coefficient (Wildman–Crippen LogP) is 0.212. The zero-order chi connectivity index (χ0) is 15.2. The summed E-state index contributed by atoms with van der Waals surface area (Å²) in [6.07, 6.45) is 0. The summed E-state index contributed by atoms with van der Waals surface area (Å²) in [6, 6.07) is 6.33. The number of rotatable bonds is 5. The van der Waals surface area contributed by atoms with Crippen molar-refractivity contribution in [3.8, 4) is 11.8 Å². The van der Waals surface area contributed by atoms with Gasteiger partial charge in [0, 0.05) is 25.7 Å². The van der Waals surface area contributed by atoms with E-state index < -0.39 is 10.0 Å². The first-order valence-electron chi connectivity index (χ1n) is 6.19. The summed E-state index contributed by atoms with van der Waals surface area (Å²) in [5.74, 6) is 5.25. The molecule has 0 saturated heterocycles. The SMILES string of the molecule is CN(C)CCN(C)S(=O)(=O)c1ccc(C#CCO)cc1. The number of aliphatic hydroxyl groups excluding tert-OH is 1. The summed E-state index contributed by atoms with van der Waals surface area (Å²) < 4.78 is 25.9. The van der Waals surface area contributed by atoms with Gasteiger partial charge in [-0.15, -0.1) is 0 Å². The molecule has 1 N–H and O–H groups in total. The van der Waals surface area contributed by atoms with Gasteiger partial charge in [0.05, 0.1) is 4.90 Å². The van der Waals surface area contributed by atoms with Crippen molar-refractivity contribution in [3.05, 3.63) is 29.8 Å². The highest BCUT2D eigenvalue weighted by Crippen LogP contribution is 2.14. The predicted molar refractivity (Wildman–Crippen MR) is 78.8 cm³/mol. The molecular formula is C14H20N2O3S. The molecule has 0 amide bonds. The summed E-state index contributed by atoms with van der Waals surface area (Å²) in [5.41, 5.74) is 0.675. The summed E-state index contributed by atoms with van der Waals surface area (Å²) in [7, 11) is 1.90. The molecule has 0 heterocycles. The molecule has 110 valence electrons. The molecule has 1 rings (SSSR count). The molecule has 0 radical (unpaired) electrons. The second kappa shape index (κ2) is 7.41. The average molecular weight is 296 g/mol. The van der Waals surface area contributed by atoms with Crippen LogP contribution in [0.5, 0.6) is 0 Å². The minimum atomic E-state index is -3.46. The number of sulfonamides is 1. The van der Waals surface area contributed by atoms with E-state index in [9.17, 15) is 8.42 Å². The monoisotopic (exact) mass is 296 g/mol. The molecule has 20 heavy (non-hydrogen) atoms. The minimum Gasteiger partial charge on any atom is -0.384 e. The van der Waals surface area contributed by atoms with Gasteiger partial charge in [-0.2, -0.15) is 4.31 Å². The molecule has 6 heteroatoms. The van der Waals surface area contributed by atoms with Gasteiger partial charge in [-0.1, -0.05) is 11.8 Å². The Morgan fingerprint density at radius 3 is 2.20 bits per heavy atom. The van der Waals surface area contributed by atoms with Crippen LogP contribution in [0.25, 0.3) is 0 Å². The molecule has 0 unspecified atom stereocenters. The van der Waals surface area contributed by atoms with Gasteiger partial charge in [0.2, 0.25) is 10.0 Å². The Hall–Kier alpha value is -1.39. The van der Waals surface area contributed by atoms with Crippen LogP contribution in [-0.4, -0.2) is 63.6 Å². The van der Waals surface area contributed by atoms with Gasteiger partial charge < -0.3 is 10.0 Å². The Morgan fingerprint density at radius 2 is 1.70 bits per heavy atom. The number of nitrogens with zero attached hydrogens (tertiary/aromatic N) is 2. The fourth-order valence-corrected chi connectivity index (χ4v) is 2.65. The van der Waals surface area contributed by atoms with Gasteiger partial charge in [0.25, 0.3) is 0 Å². The Balaban J connectivity index is 2.87. The highest BCUT2D eigenvalue weighted by molar-refractivity contribution is 7.89. The molecule has 0 spiro atoms. The van der Waals surface area contributed by atoms with E-state index in [1.54, 1.807) is 19.2 Å². The van der Waals surface area contributed by atoms with Gasteiger partial charge in [-0.25, -0.2) is 8.42 Å². The molecule has 0 aliphatic heterocycles. The average Bonchev–Trinajstić information content (AvgIpc) is 2.42. The maximum atomic E-state index is 12.3. The first-order chi connectivity index (χ1) is 9.37. The fourth-order valence-electron chi connectivity index (χ4n) is 1.49. The van der Waals surface area contributed by atoms with Crippen LogP contribution in [0.3, 0.4) is 0 Å². The third kappa shape index (κ3) is 4.62. The molecule has 1 aromatic rings. The Bertz CT molecular complexity index is 583. The van der Waals surface area contributed by atoms with E-state index in [2.05, 4.69) is 11.8 Å². The molecule has 0 atom stereocenters. The van der Waals surface area contributed by atoms with E-state index in [1.165, 1.54) is 16.4 Å². The number of likely N-dealkylation sites (N-methyl/N-ethyl adjacent to an activating group) is 2. The summed E-state index contributed by atoms with van der Waals surface area (Å²) in [6.45, 7) is 0.879. The van der Waals surface area contributed by atoms with E-state index >= 15 is 0 Å². The molecule has 0 aliphatic rings. The minimum absolute atomic E-state index is 0.215. The van der Waals surface area contributed by atoms with Gasteiger partial charge in [-0.3, -0.25) is 0 Å². The van der Waals surface area contributed by atoms with E-state index in [-0.39, 0.29) is 11.5 Å². The van der Waals surface area contributed by atoms with Crippen LogP contribution in [-0.2, 0) is 10.0 Å². The van der Waals surface area contributed by atoms with Crippen molar-refractivity contribution in [2.75, 3.05) is 40.8 Å². The summed E-state index contributed by atoms with van der Waals surface area (Å²) in [4.78, 5) is 2.17. The quantitative estimate of drug-likeness (QED) is 0.789. The van der Waals surface area contributed by atoms with Crippen LogP contribution in [0.2, 0.25) is 0 Å². The number of benzene rings is 1. The first-order valence-corrected chi connectivity index (χ1v) is 7.63. The third-order valence-corrected chi connectivity index (χ3v) is 4.61. The molecule has 1 aromatic carbocycles. The number of aliphatic hydroxyl groups is 1. The lowest BCUT2D eigenvalue weighted by Gasteiger charge is -2.19. The zero-order valence-corrected chi connectivity index (χ0v) is 12.8. The number of hydrogen-bond acceptors (Lipinski definition) is 4. The molecule has 0 bridgehead atoms. The zero-order valence-electron chi connectivity index (χ0n) is 12.0. The Kier molecular flexibility index (Phi) is 6.17. The van der Waals surface area contributed by atoms with Crippen LogP contribution < -0.4 is 0 Å². The lowest BCUT2D eigenvalue weighted by molar-refractivity contribution is 0.350. The van der Waals surface area contributed by atoms with Crippen molar-refractivity contribution in [2.45, 2.75) is 4.90 Å². The normalized spacial score (nSPS) is 11.5. The molecule has 0 aromatic heterocycles. The lowest BCUT2D eigenvalue weighted by Crippen LogP contribution is -2.33. The second-order valence-corrected chi connectivity index (χ2v) is 6.66. The third-order valence-electron chi connectivity index (χ3n) is 2.74. The van der Waals surface area contributed by atoms with Crippen molar-refractivity contribution in [3.63, 3.8) is 0 Å². The van der Waals surface area contributed by atoms with Gasteiger partial charge in [-0.05, 0) is 38.4 Å². The molecule has 0 aliphatic carbocycles. The van der Waals surface area contributed by atoms with Gasteiger partial charge in [0.15, 0.2) is 0 Å². The van der Waals surface area contributed by atoms with E-state index in [4.69, 9.17) is 5.11 Å². The van der Waals surface area contributed by atoms with E-state index in [0.717, 1.165) is 0 Å². The second-order valence-electron chi connectivity index (χ2n) is 4.61. The highest BCUT2D eigenvalue weighted by Gasteiger charge is 2.20. The standard InChI is InChI=1S/C14H20N2O3S/c1-15(2)10-11-16(3)20(18,19)14-8-6-13(7-9-14)5-4-12-17/h6-9,17H,10-12H2,1-3H3. The maximum Gasteiger partial charge on any atom is 0.242 e. The molecular weight excluding hydrogens is 276 g/mol. The molecule has 0 fully saturated rings. The highest BCUT2D eigenvalue weighted by atomic mass is 32.2. The van der Waals surface area contributed by atoms with Crippen molar-refractivity contribution in [1.82, 2.24) is 9.21 Å². The van der Waals surface area contributed by atoms with Gasteiger partial charge >= 0.3 is 0 Å². The van der Waals surface area contributed by atoms with Crippen molar-refractivity contribution >= 4 is 10.0 Å². The molecule has 0 saturated carbocycles. The maximum absolute atomic E-state index is 12.3. The van der Waals surface area contributed by atoms with E-state index in [0.29, 0.717) is 18.7 Å². The van der Waals surface area contributed by atoms with Crippen molar-refractivity contribution < 1.29 is 13.5 Å². The van der Waals surface area contributed by atoms with Crippen LogP contribution in [0, 0.1) is 11.8 Å². The van der Waals surface area contributed by atoms with Crippen LogP contribution in [0.4, 0.5) is 0 Å². The van der Waals surface area contributed by atoms with Crippen LogP contribution in [0.15, 0.2) is 29.2 Å². The Morgan fingerprint density at radius 1 is 1.10 bits per heavy atom. The summed E-state index contributed by atoms with van der Waals surface area (Å²) in [5, 5.41) is 8.61. The topological polar surface area (TPSA) is 60.9 Å². The Labute approximate surface area is 120 Å².